The van der Waals surface area contributed by atoms with E-state index in [-0.39, 0.29) is 18.6 Å². The van der Waals surface area contributed by atoms with Crippen LogP contribution in [-0.4, -0.2) is 42.9 Å². The fourth-order valence-corrected chi connectivity index (χ4v) is 3.35. The van der Waals surface area contributed by atoms with E-state index in [0.29, 0.717) is 23.6 Å². The zero-order chi connectivity index (χ0) is 17.9. The van der Waals surface area contributed by atoms with E-state index in [0.717, 1.165) is 25.2 Å². The average Bonchev–Trinajstić information content (AvgIpc) is 3.10. The van der Waals surface area contributed by atoms with Crippen molar-refractivity contribution in [1.29, 1.82) is 0 Å². The van der Waals surface area contributed by atoms with E-state index in [1.807, 2.05) is 18.3 Å². The molecule has 0 amide bonds. The number of aromatic nitrogens is 1. The quantitative estimate of drug-likeness (QED) is 0.881. The van der Waals surface area contributed by atoms with Crippen molar-refractivity contribution < 1.29 is 23.0 Å². The summed E-state index contributed by atoms with van der Waals surface area (Å²) in [5.74, 6) is 1.09. The summed E-state index contributed by atoms with van der Waals surface area (Å²) in [7, 11) is 0. The predicted octanol–water partition coefficient (Wildman–Crippen LogP) is 2.56. The van der Waals surface area contributed by atoms with Crippen LogP contribution < -0.4 is 19.5 Å². The lowest BCUT2D eigenvalue weighted by molar-refractivity contribution is -0.0510. The molecule has 1 aromatic carbocycles. The summed E-state index contributed by atoms with van der Waals surface area (Å²) < 4.78 is 41.1. The number of alkyl halides is 2. The maximum atomic E-state index is 12.8. The molecule has 0 saturated carbocycles. The molecule has 2 aromatic rings. The summed E-state index contributed by atoms with van der Waals surface area (Å²) in [6.07, 6.45) is 3.57. The lowest BCUT2D eigenvalue weighted by atomic mass is 10.0. The minimum absolute atomic E-state index is 0.0822. The van der Waals surface area contributed by atoms with Gasteiger partial charge in [0.2, 0.25) is 6.79 Å². The smallest absolute Gasteiger partial charge is 0.387 e. The Hall–Kier alpha value is -2.45. The molecule has 0 spiro atoms. The van der Waals surface area contributed by atoms with Gasteiger partial charge in [0.25, 0.3) is 0 Å². The van der Waals surface area contributed by atoms with Gasteiger partial charge in [-0.25, -0.2) is 0 Å². The molecule has 4 rings (SSSR count). The Balaban J connectivity index is 1.62. The molecule has 3 heterocycles. The first-order valence-electron chi connectivity index (χ1n) is 8.43. The molecule has 0 radical (unpaired) electrons. The van der Waals surface area contributed by atoms with E-state index >= 15 is 0 Å². The third kappa shape index (κ3) is 3.56. The van der Waals surface area contributed by atoms with Crippen LogP contribution in [0.5, 0.6) is 17.2 Å². The van der Waals surface area contributed by atoms with Crippen molar-refractivity contribution in [1.82, 2.24) is 15.2 Å². The molecular weight excluding hydrogens is 344 g/mol. The van der Waals surface area contributed by atoms with Crippen LogP contribution in [-0.2, 0) is 6.54 Å². The van der Waals surface area contributed by atoms with Gasteiger partial charge in [-0.05, 0) is 17.7 Å². The second-order valence-electron chi connectivity index (χ2n) is 6.17. The summed E-state index contributed by atoms with van der Waals surface area (Å²) in [5, 5.41) is 3.37. The first-order chi connectivity index (χ1) is 12.7. The minimum Gasteiger partial charge on any atom is -0.454 e. The number of ether oxygens (including phenoxy) is 3. The molecule has 1 fully saturated rings. The highest BCUT2D eigenvalue weighted by atomic mass is 19.3. The Labute approximate surface area is 149 Å². The van der Waals surface area contributed by atoms with E-state index in [2.05, 4.69) is 15.2 Å². The molecule has 6 nitrogen and oxygen atoms in total. The number of hydrogen-bond acceptors (Lipinski definition) is 6. The Morgan fingerprint density at radius 3 is 2.92 bits per heavy atom. The predicted molar refractivity (Wildman–Crippen MR) is 89.5 cm³/mol. The van der Waals surface area contributed by atoms with Crippen LogP contribution in [0.15, 0.2) is 36.7 Å². The fraction of sp³-hybridized carbons (Fsp3) is 0.389. The number of nitrogens with one attached hydrogen (secondary N) is 1. The van der Waals surface area contributed by atoms with Crippen LogP contribution in [0.1, 0.15) is 17.2 Å². The summed E-state index contributed by atoms with van der Waals surface area (Å²) in [6, 6.07) is 7.22. The summed E-state index contributed by atoms with van der Waals surface area (Å²) in [6.45, 7) is 0.0143. The molecular formula is C18H19F2N3O3. The number of nitrogens with zero attached hydrogens (tertiary/aromatic N) is 2. The molecule has 1 saturated heterocycles. The number of rotatable bonds is 5. The summed E-state index contributed by atoms with van der Waals surface area (Å²) >= 11 is 0. The Morgan fingerprint density at radius 2 is 2.15 bits per heavy atom. The Kier molecular flexibility index (Phi) is 4.85. The average molecular weight is 363 g/mol. The number of fused-ring (bicyclic) bond motifs is 1. The second-order valence-corrected chi connectivity index (χ2v) is 6.17. The second kappa shape index (κ2) is 7.43. The molecule has 1 unspecified atom stereocenters. The maximum absolute atomic E-state index is 12.8. The van der Waals surface area contributed by atoms with Crippen molar-refractivity contribution in [3.05, 3.63) is 47.8 Å². The number of halogens is 2. The standard InChI is InChI=1S/C18H19F2N3O3/c19-18(20)26-15-7-17-16(24-11-25-17)6-13(15)10-23-5-4-22-9-14(23)12-2-1-3-21-8-12/h1-3,6-8,14,18,22H,4-5,9-11H2. The number of pyridine rings is 1. The van der Waals surface area contributed by atoms with E-state index < -0.39 is 6.61 Å². The highest BCUT2D eigenvalue weighted by molar-refractivity contribution is 5.52. The van der Waals surface area contributed by atoms with Crippen molar-refractivity contribution in [2.75, 3.05) is 26.4 Å². The third-order valence-electron chi connectivity index (χ3n) is 4.57. The van der Waals surface area contributed by atoms with Crippen molar-refractivity contribution in [2.45, 2.75) is 19.2 Å². The largest absolute Gasteiger partial charge is 0.454 e. The van der Waals surface area contributed by atoms with Gasteiger partial charge in [0, 0.05) is 56.2 Å². The van der Waals surface area contributed by atoms with Crippen LogP contribution in [0.2, 0.25) is 0 Å². The van der Waals surface area contributed by atoms with E-state index in [1.165, 1.54) is 6.07 Å². The van der Waals surface area contributed by atoms with Gasteiger partial charge >= 0.3 is 6.61 Å². The lowest BCUT2D eigenvalue weighted by Gasteiger charge is -2.36. The number of benzene rings is 1. The van der Waals surface area contributed by atoms with Gasteiger partial charge in [-0.1, -0.05) is 6.07 Å². The van der Waals surface area contributed by atoms with E-state index in [4.69, 9.17) is 14.2 Å². The molecule has 2 aliphatic rings. The number of piperazine rings is 1. The summed E-state index contributed by atoms with van der Waals surface area (Å²) in [4.78, 5) is 6.42. The SMILES string of the molecule is FC(F)Oc1cc2c(cc1CN1CCNCC1c1cccnc1)OCO2. The van der Waals surface area contributed by atoms with Crippen LogP contribution >= 0.6 is 0 Å². The fourth-order valence-electron chi connectivity index (χ4n) is 3.35. The Bertz CT molecular complexity index is 761. The highest BCUT2D eigenvalue weighted by Gasteiger charge is 2.27. The molecule has 8 heteroatoms. The van der Waals surface area contributed by atoms with Gasteiger partial charge in [0.1, 0.15) is 5.75 Å². The molecule has 2 aliphatic heterocycles. The summed E-state index contributed by atoms with van der Waals surface area (Å²) in [5.41, 5.74) is 1.72. The Morgan fingerprint density at radius 1 is 1.31 bits per heavy atom. The van der Waals surface area contributed by atoms with Crippen LogP contribution in [0.3, 0.4) is 0 Å². The van der Waals surface area contributed by atoms with E-state index in [1.54, 1.807) is 12.3 Å². The third-order valence-corrected chi connectivity index (χ3v) is 4.57. The zero-order valence-electron chi connectivity index (χ0n) is 14.0. The van der Waals surface area contributed by atoms with Crippen LogP contribution in [0.25, 0.3) is 0 Å². The monoisotopic (exact) mass is 363 g/mol. The van der Waals surface area contributed by atoms with E-state index in [9.17, 15) is 8.78 Å². The molecule has 26 heavy (non-hydrogen) atoms. The van der Waals surface area contributed by atoms with Gasteiger partial charge in [-0.3, -0.25) is 9.88 Å². The molecule has 1 atom stereocenters. The topological polar surface area (TPSA) is 55.9 Å². The molecule has 0 aliphatic carbocycles. The molecule has 1 aromatic heterocycles. The van der Waals surface area contributed by atoms with Crippen molar-refractivity contribution >= 4 is 0 Å². The minimum atomic E-state index is -2.90. The van der Waals surface area contributed by atoms with Gasteiger partial charge in [0.15, 0.2) is 11.5 Å². The van der Waals surface area contributed by atoms with Gasteiger partial charge in [-0.15, -0.1) is 0 Å². The van der Waals surface area contributed by atoms with Crippen molar-refractivity contribution in [2.24, 2.45) is 0 Å². The first kappa shape index (κ1) is 17.0. The van der Waals surface area contributed by atoms with Crippen LogP contribution in [0.4, 0.5) is 8.78 Å². The van der Waals surface area contributed by atoms with Crippen molar-refractivity contribution in [3.63, 3.8) is 0 Å². The maximum Gasteiger partial charge on any atom is 0.387 e. The highest BCUT2D eigenvalue weighted by Crippen LogP contribution is 2.40. The van der Waals surface area contributed by atoms with Crippen molar-refractivity contribution in [3.8, 4) is 17.2 Å². The molecule has 138 valence electrons. The lowest BCUT2D eigenvalue weighted by Crippen LogP contribution is -2.45. The number of hydrogen-bond donors (Lipinski definition) is 1. The zero-order valence-corrected chi connectivity index (χ0v) is 14.0. The molecule has 0 bridgehead atoms. The van der Waals surface area contributed by atoms with Crippen LogP contribution in [0, 0.1) is 0 Å². The molecule has 1 N–H and O–H groups in total. The van der Waals surface area contributed by atoms with Gasteiger partial charge < -0.3 is 19.5 Å². The normalized spacial score (nSPS) is 19.7. The van der Waals surface area contributed by atoms with Gasteiger partial charge in [0.05, 0.1) is 0 Å². The van der Waals surface area contributed by atoms with Gasteiger partial charge in [-0.2, -0.15) is 8.78 Å². The first-order valence-corrected chi connectivity index (χ1v) is 8.43.